The lowest BCUT2D eigenvalue weighted by Gasteiger charge is -2.32. The van der Waals surface area contributed by atoms with Gasteiger partial charge in [-0.3, -0.25) is 4.90 Å². The summed E-state index contributed by atoms with van der Waals surface area (Å²) < 4.78 is 10.3. The van der Waals surface area contributed by atoms with Crippen LogP contribution in [0.5, 0.6) is 0 Å². The Morgan fingerprint density at radius 3 is 2.73 bits per heavy atom. The largest absolute Gasteiger partial charge is 0.466 e. The molecule has 138 valence electrons. The summed E-state index contributed by atoms with van der Waals surface area (Å²) in [5.74, 6) is 0.205. The van der Waals surface area contributed by atoms with Gasteiger partial charge in [-0.1, -0.05) is 28.9 Å². The molecule has 0 atom stereocenters. The van der Waals surface area contributed by atoms with Crippen LogP contribution < -0.4 is 0 Å². The smallest absolute Gasteiger partial charge is 0.335 e. The Morgan fingerprint density at radius 1 is 1.31 bits per heavy atom. The predicted molar refractivity (Wildman–Crippen MR) is 101 cm³/mol. The van der Waals surface area contributed by atoms with Crippen LogP contribution in [0.4, 0.5) is 0 Å². The Morgan fingerprint density at radius 2 is 2.04 bits per heavy atom. The summed E-state index contributed by atoms with van der Waals surface area (Å²) in [6.07, 6.45) is 1.72. The maximum Gasteiger partial charge on any atom is 0.335 e. The molecule has 2 aromatic rings. The van der Waals surface area contributed by atoms with Crippen LogP contribution in [0.3, 0.4) is 0 Å². The third-order valence-electron chi connectivity index (χ3n) is 4.43. The Balaban J connectivity index is 1.80. The molecule has 0 amide bonds. The molecule has 0 N–H and O–H groups in total. The van der Waals surface area contributed by atoms with E-state index in [1.54, 1.807) is 18.2 Å². The van der Waals surface area contributed by atoms with Gasteiger partial charge in [-0.25, -0.2) is 4.79 Å². The van der Waals surface area contributed by atoms with Crippen LogP contribution in [-0.2, 0) is 9.53 Å². The summed E-state index contributed by atoms with van der Waals surface area (Å²) in [5.41, 5.74) is 1.88. The van der Waals surface area contributed by atoms with E-state index in [1.807, 2.05) is 18.2 Å². The Bertz CT molecular complexity index is 795. The lowest BCUT2D eigenvalue weighted by Crippen LogP contribution is -2.45. The van der Waals surface area contributed by atoms with Crippen molar-refractivity contribution in [2.75, 3.05) is 46.9 Å². The van der Waals surface area contributed by atoms with Crippen LogP contribution >= 0.6 is 11.6 Å². The normalized spacial score (nSPS) is 16.7. The quantitative estimate of drug-likeness (QED) is 0.591. The minimum absolute atomic E-state index is 0.355. The van der Waals surface area contributed by atoms with Gasteiger partial charge in [0.15, 0.2) is 5.76 Å². The number of piperazine rings is 1. The average Bonchev–Trinajstić information content (AvgIpc) is 3.11. The van der Waals surface area contributed by atoms with Gasteiger partial charge in [0.05, 0.1) is 17.7 Å². The zero-order chi connectivity index (χ0) is 18.5. The van der Waals surface area contributed by atoms with Crippen LogP contribution in [0.2, 0.25) is 5.02 Å². The van der Waals surface area contributed by atoms with Crippen molar-refractivity contribution in [2.24, 2.45) is 0 Å². The number of likely N-dealkylation sites (N-methyl/N-ethyl adjacent to an activating group) is 1. The van der Waals surface area contributed by atoms with Crippen molar-refractivity contribution in [1.29, 1.82) is 0 Å². The van der Waals surface area contributed by atoms with Crippen molar-refractivity contribution in [3.8, 4) is 11.3 Å². The number of halogens is 1. The first kappa shape index (κ1) is 18.6. The summed E-state index contributed by atoms with van der Waals surface area (Å²) in [5, 5.41) is 4.64. The number of ether oxygens (including phenoxy) is 1. The van der Waals surface area contributed by atoms with E-state index in [0.29, 0.717) is 28.6 Å². The van der Waals surface area contributed by atoms with Crippen LogP contribution in [0.15, 0.2) is 40.4 Å². The van der Waals surface area contributed by atoms with Gasteiger partial charge in [-0.2, -0.15) is 0 Å². The summed E-state index contributed by atoms with van der Waals surface area (Å²) in [6, 6.07) is 9.17. The van der Waals surface area contributed by atoms with E-state index >= 15 is 0 Å². The Kier molecular flexibility index (Phi) is 6.08. The lowest BCUT2D eigenvalue weighted by molar-refractivity contribution is -0.136. The Hall–Kier alpha value is -2.15. The van der Waals surface area contributed by atoms with Crippen molar-refractivity contribution >= 4 is 23.6 Å². The number of nitrogens with zero attached hydrogens (tertiary/aromatic N) is 3. The molecule has 2 heterocycles. The molecule has 0 aliphatic carbocycles. The topological polar surface area (TPSA) is 58.8 Å². The maximum absolute atomic E-state index is 12.2. The molecule has 26 heavy (non-hydrogen) atoms. The molecule has 1 fully saturated rings. The lowest BCUT2D eigenvalue weighted by atomic mass is 10.1. The molecule has 1 saturated heterocycles. The van der Waals surface area contributed by atoms with E-state index in [0.717, 1.165) is 31.7 Å². The highest BCUT2D eigenvalue weighted by molar-refractivity contribution is 6.33. The minimum Gasteiger partial charge on any atom is -0.466 e. The van der Waals surface area contributed by atoms with Gasteiger partial charge in [0.25, 0.3) is 0 Å². The molecule has 0 saturated carbocycles. The predicted octanol–water partition coefficient (Wildman–Crippen LogP) is 2.80. The average molecular weight is 376 g/mol. The fourth-order valence-electron chi connectivity index (χ4n) is 2.87. The number of rotatable bonds is 5. The molecular formula is C19H22ClN3O3. The molecule has 0 bridgehead atoms. The third kappa shape index (κ3) is 4.52. The zero-order valence-corrected chi connectivity index (χ0v) is 15.7. The van der Waals surface area contributed by atoms with Crippen molar-refractivity contribution in [2.45, 2.75) is 0 Å². The maximum atomic E-state index is 12.2. The second kappa shape index (κ2) is 8.49. The van der Waals surface area contributed by atoms with Gasteiger partial charge in [-0.05, 0) is 25.3 Å². The van der Waals surface area contributed by atoms with E-state index in [9.17, 15) is 4.79 Å². The molecule has 1 aliphatic heterocycles. The highest BCUT2D eigenvalue weighted by Crippen LogP contribution is 2.28. The van der Waals surface area contributed by atoms with Gasteiger partial charge in [-0.15, -0.1) is 0 Å². The number of carbonyl (C=O) groups is 1. The summed E-state index contributed by atoms with van der Waals surface area (Å²) in [7, 11) is 3.48. The van der Waals surface area contributed by atoms with Gasteiger partial charge >= 0.3 is 5.97 Å². The highest BCUT2D eigenvalue weighted by atomic mass is 35.5. The van der Waals surface area contributed by atoms with E-state index < -0.39 is 0 Å². The minimum atomic E-state index is -0.355. The number of esters is 1. The molecule has 6 nitrogen and oxygen atoms in total. The van der Waals surface area contributed by atoms with E-state index in [1.165, 1.54) is 7.11 Å². The van der Waals surface area contributed by atoms with Crippen LogP contribution in [-0.4, -0.2) is 67.8 Å². The summed E-state index contributed by atoms with van der Waals surface area (Å²) in [6.45, 7) is 4.31. The molecule has 7 heteroatoms. The van der Waals surface area contributed by atoms with Crippen molar-refractivity contribution < 1.29 is 14.1 Å². The fourth-order valence-corrected chi connectivity index (χ4v) is 3.10. The molecule has 0 radical (unpaired) electrons. The van der Waals surface area contributed by atoms with E-state index in [-0.39, 0.29) is 5.97 Å². The Labute approximate surface area is 158 Å². The fraction of sp³-hybridized carbons (Fsp3) is 0.368. The summed E-state index contributed by atoms with van der Waals surface area (Å²) >= 11 is 6.20. The van der Waals surface area contributed by atoms with Crippen LogP contribution in [0, 0.1) is 0 Å². The second-order valence-corrected chi connectivity index (χ2v) is 6.74. The zero-order valence-electron chi connectivity index (χ0n) is 14.9. The van der Waals surface area contributed by atoms with Gasteiger partial charge in [0.1, 0.15) is 5.69 Å². The number of hydrogen-bond acceptors (Lipinski definition) is 6. The van der Waals surface area contributed by atoms with Crippen molar-refractivity contribution in [3.63, 3.8) is 0 Å². The number of methoxy groups -OCH3 is 1. The monoisotopic (exact) mass is 375 g/mol. The number of carbonyl (C=O) groups excluding carboxylic acids is 1. The van der Waals surface area contributed by atoms with Crippen molar-refractivity contribution in [1.82, 2.24) is 15.0 Å². The third-order valence-corrected chi connectivity index (χ3v) is 4.76. The van der Waals surface area contributed by atoms with Gasteiger partial charge in [0, 0.05) is 44.4 Å². The molecule has 0 unspecified atom stereocenters. The summed E-state index contributed by atoms with van der Waals surface area (Å²) in [4.78, 5) is 16.7. The number of benzene rings is 1. The first-order valence-electron chi connectivity index (χ1n) is 8.48. The van der Waals surface area contributed by atoms with Gasteiger partial charge < -0.3 is 14.2 Å². The molecule has 1 aromatic heterocycles. The SMILES string of the molecule is COC(=O)/C(=C/c1cc(-c2ccccc2Cl)on1)CN1CCN(C)CC1. The molecule has 3 rings (SSSR count). The van der Waals surface area contributed by atoms with Crippen LogP contribution in [0.1, 0.15) is 5.69 Å². The van der Waals surface area contributed by atoms with Crippen molar-refractivity contribution in [3.05, 3.63) is 46.6 Å². The second-order valence-electron chi connectivity index (χ2n) is 6.34. The van der Waals surface area contributed by atoms with E-state index in [2.05, 4.69) is 22.0 Å². The highest BCUT2D eigenvalue weighted by Gasteiger charge is 2.19. The molecule has 1 aromatic carbocycles. The standard InChI is InChI=1S/C19H22ClN3O3/c1-22-7-9-23(10-8-22)13-14(19(24)25-2)11-15-12-18(26-21-15)16-5-3-4-6-17(16)20/h3-6,11-12H,7-10,13H2,1-2H3/b14-11+. The molecular weight excluding hydrogens is 354 g/mol. The number of hydrogen-bond donors (Lipinski definition) is 0. The van der Waals surface area contributed by atoms with E-state index in [4.69, 9.17) is 20.9 Å². The molecule has 1 aliphatic rings. The molecule has 0 spiro atoms. The first-order valence-corrected chi connectivity index (χ1v) is 8.86. The van der Waals surface area contributed by atoms with Crippen LogP contribution in [0.25, 0.3) is 17.4 Å². The first-order chi connectivity index (χ1) is 12.6. The number of aromatic nitrogens is 1. The van der Waals surface area contributed by atoms with Gasteiger partial charge in [0.2, 0.25) is 0 Å².